The average molecular weight is 326 g/mol. The quantitative estimate of drug-likeness (QED) is 0.376. The molecule has 7 nitrogen and oxygen atoms in total. The molecule has 0 spiro atoms. The standard InChI is InChI=1S/C16H22O7/c17-10-2-4-13(3-1-5-14(18)19)23-16(22)12-8-6-11(7-9-12)15(20)21/h6-9,13-14,17-19H,1-5,10H2,(H,20,21). The molecule has 7 heteroatoms. The number of ether oxygens (including phenoxy) is 1. The molecular weight excluding hydrogens is 304 g/mol. The van der Waals surface area contributed by atoms with Crippen LogP contribution in [-0.2, 0) is 4.74 Å². The van der Waals surface area contributed by atoms with Crippen molar-refractivity contribution >= 4 is 11.9 Å². The molecule has 0 aromatic heterocycles. The molecule has 1 aromatic carbocycles. The van der Waals surface area contributed by atoms with Crippen molar-refractivity contribution in [3.05, 3.63) is 35.4 Å². The Morgan fingerprint density at radius 1 is 0.957 bits per heavy atom. The molecular formula is C16H22O7. The van der Waals surface area contributed by atoms with Gasteiger partial charge in [-0.25, -0.2) is 9.59 Å². The van der Waals surface area contributed by atoms with E-state index in [1.165, 1.54) is 24.3 Å². The number of hydrogen-bond acceptors (Lipinski definition) is 6. The summed E-state index contributed by atoms with van der Waals surface area (Å²) in [6.07, 6.45) is 0.213. The highest BCUT2D eigenvalue weighted by Gasteiger charge is 2.16. The first-order valence-electron chi connectivity index (χ1n) is 7.45. The lowest BCUT2D eigenvalue weighted by molar-refractivity contribution is -0.0486. The van der Waals surface area contributed by atoms with Gasteiger partial charge in [0.25, 0.3) is 0 Å². The summed E-state index contributed by atoms with van der Waals surface area (Å²) in [6, 6.07) is 5.41. The number of rotatable bonds is 10. The highest BCUT2D eigenvalue weighted by atomic mass is 16.5. The van der Waals surface area contributed by atoms with Crippen LogP contribution in [0.5, 0.6) is 0 Å². The minimum Gasteiger partial charge on any atom is -0.478 e. The first-order chi connectivity index (χ1) is 10.9. The Morgan fingerprint density at radius 3 is 2.04 bits per heavy atom. The SMILES string of the molecule is O=C(O)c1ccc(C(=O)OC(CCCO)CCCC(O)O)cc1. The number of carbonyl (C=O) groups is 2. The molecule has 0 heterocycles. The number of carbonyl (C=O) groups excluding carboxylic acids is 1. The summed E-state index contributed by atoms with van der Waals surface area (Å²) < 4.78 is 5.36. The lowest BCUT2D eigenvalue weighted by atomic mass is 10.1. The van der Waals surface area contributed by atoms with E-state index >= 15 is 0 Å². The van der Waals surface area contributed by atoms with Gasteiger partial charge >= 0.3 is 11.9 Å². The molecule has 23 heavy (non-hydrogen) atoms. The molecule has 0 bridgehead atoms. The number of hydrogen-bond donors (Lipinski definition) is 4. The second kappa shape index (κ2) is 9.94. The Morgan fingerprint density at radius 2 is 1.52 bits per heavy atom. The van der Waals surface area contributed by atoms with E-state index in [0.29, 0.717) is 25.7 Å². The topological polar surface area (TPSA) is 124 Å². The van der Waals surface area contributed by atoms with Crippen molar-refractivity contribution in [3.8, 4) is 0 Å². The van der Waals surface area contributed by atoms with E-state index in [9.17, 15) is 9.59 Å². The molecule has 0 fully saturated rings. The summed E-state index contributed by atoms with van der Waals surface area (Å²) in [4.78, 5) is 22.8. The molecule has 4 N–H and O–H groups in total. The zero-order valence-corrected chi connectivity index (χ0v) is 12.7. The lowest BCUT2D eigenvalue weighted by Crippen LogP contribution is -2.20. The molecule has 1 aromatic rings. The summed E-state index contributed by atoms with van der Waals surface area (Å²) in [7, 11) is 0. The number of esters is 1. The fourth-order valence-electron chi connectivity index (χ4n) is 2.08. The Bertz CT molecular complexity index is 496. The molecule has 0 radical (unpaired) electrons. The number of aliphatic hydroxyl groups is 3. The normalized spacial score (nSPS) is 12.2. The van der Waals surface area contributed by atoms with Crippen LogP contribution in [0.4, 0.5) is 0 Å². The van der Waals surface area contributed by atoms with Crippen molar-refractivity contribution in [3.63, 3.8) is 0 Å². The van der Waals surface area contributed by atoms with E-state index in [1.54, 1.807) is 0 Å². The van der Waals surface area contributed by atoms with Crippen LogP contribution >= 0.6 is 0 Å². The van der Waals surface area contributed by atoms with E-state index in [-0.39, 0.29) is 24.2 Å². The van der Waals surface area contributed by atoms with Crippen molar-refractivity contribution in [2.75, 3.05) is 6.61 Å². The number of carboxylic acid groups (broad SMARTS) is 1. The van der Waals surface area contributed by atoms with Gasteiger partial charge in [0.05, 0.1) is 11.1 Å². The number of benzene rings is 1. The van der Waals surface area contributed by atoms with Crippen LogP contribution in [0.2, 0.25) is 0 Å². The fraction of sp³-hybridized carbons (Fsp3) is 0.500. The summed E-state index contributed by atoms with van der Waals surface area (Å²) in [5, 5.41) is 35.4. The van der Waals surface area contributed by atoms with E-state index in [4.69, 9.17) is 25.2 Å². The van der Waals surface area contributed by atoms with Crippen molar-refractivity contribution in [2.24, 2.45) is 0 Å². The molecule has 0 aliphatic carbocycles. The van der Waals surface area contributed by atoms with Gasteiger partial charge in [-0.05, 0) is 56.4 Å². The van der Waals surface area contributed by atoms with Gasteiger partial charge in [0.15, 0.2) is 6.29 Å². The Kier molecular flexibility index (Phi) is 8.25. The monoisotopic (exact) mass is 326 g/mol. The first-order valence-corrected chi connectivity index (χ1v) is 7.45. The van der Waals surface area contributed by atoms with Gasteiger partial charge in [-0.1, -0.05) is 0 Å². The third kappa shape index (κ3) is 7.23. The van der Waals surface area contributed by atoms with Gasteiger partial charge in [-0.2, -0.15) is 0 Å². The van der Waals surface area contributed by atoms with E-state index < -0.39 is 24.3 Å². The van der Waals surface area contributed by atoms with Crippen LogP contribution in [-0.4, -0.2) is 51.4 Å². The third-order valence-corrected chi connectivity index (χ3v) is 3.31. The van der Waals surface area contributed by atoms with Crippen molar-refractivity contribution in [2.45, 2.75) is 44.5 Å². The smallest absolute Gasteiger partial charge is 0.338 e. The van der Waals surface area contributed by atoms with Crippen LogP contribution in [0.3, 0.4) is 0 Å². The molecule has 0 aliphatic rings. The summed E-state index contributed by atoms with van der Waals surface area (Å²) in [5.41, 5.74) is 0.321. The zero-order chi connectivity index (χ0) is 17.2. The van der Waals surface area contributed by atoms with Gasteiger partial charge in [0.2, 0.25) is 0 Å². The predicted molar refractivity (Wildman–Crippen MR) is 81.0 cm³/mol. The van der Waals surface area contributed by atoms with Gasteiger partial charge in [-0.3, -0.25) is 0 Å². The summed E-state index contributed by atoms with van der Waals surface area (Å²) in [5.74, 6) is -1.65. The van der Waals surface area contributed by atoms with Gasteiger partial charge in [0, 0.05) is 6.61 Å². The maximum absolute atomic E-state index is 12.1. The minimum atomic E-state index is -1.40. The number of carboxylic acids is 1. The predicted octanol–water partition coefficient (Wildman–Crippen LogP) is 1.16. The number of aliphatic hydroxyl groups excluding tert-OH is 2. The fourth-order valence-corrected chi connectivity index (χ4v) is 2.08. The highest BCUT2D eigenvalue weighted by Crippen LogP contribution is 2.15. The Labute approximate surface area is 134 Å². The van der Waals surface area contributed by atoms with Crippen LogP contribution in [0.1, 0.15) is 52.8 Å². The highest BCUT2D eigenvalue weighted by molar-refractivity contribution is 5.92. The second-order valence-electron chi connectivity index (χ2n) is 5.19. The van der Waals surface area contributed by atoms with Gasteiger partial charge in [0.1, 0.15) is 6.10 Å². The van der Waals surface area contributed by atoms with Crippen molar-refractivity contribution in [1.82, 2.24) is 0 Å². The lowest BCUT2D eigenvalue weighted by Gasteiger charge is -2.18. The molecule has 0 aliphatic heterocycles. The molecule has 0 amide bonds. The minimum absolute atomic E-state index is 0.0238. The van der Waals surface area contributed by atoms with Crippen molar-refractivity contribution < 1.29 is 34.8 Å². The average Bonchev–Trinajstić information content (AvgIpc) is 2.52. The Balaban J connectivity index is 2.61. The summed E-state index contributed by atoms with van der Waals surface area (Å²) >= 11 is 0. The van der Waals surface area contributed by atoms with Crippen LogP contribution in [0, 0.1) is 0 Å². The molecule has 1 unspecified atom stereocenters. The maximum atomic E-state index is 12.1. The molecule has 1 rings (SSSR count). The maximum Gasteiger partial charge on any atom is 0.338 e. The van der Waals surface area contributed by atoms with E-state index in [2.05, 4.69) is 0 Å². The van der Waals surface area contributed by atoms with Gasteiger partial charge < -0.3 is 25.2 Å². The van der Waals surface area contributed by atoms with E-state index in [0.717, 1.165) is 0 Å². The number of aromatic carboxylic acids is 1. The third-order valence-electron chi connectivity index (χ3n) is 3.31. The van der Waals surface area contributed by atoms with Crippen LogP contribution in [0.15, 0.2) is 24.3 Å². The summed E-state index contributed by atoms with van der Waals surface area (Å²) in [6.45, 7) is -0.0238. The van der Waals surface area contributed by atoms with Crippen molar-refractivity contribution in [1.29, 1.82) is 0 Å². The second-order valence-corrected chi connectivity index (χ2v) is 5.19. The van der Waals surface area contributed by atoms with Crippen LogP contribution < -0.4 is 0 Å². The van der Waals surface area contributed by atoms with Crippen LogP contribution in [0.25, 0.3) is 0 Å². The molecule has 128 valence electrons. The van der Waals surface area contributed by atoms with Gasteiger partial charge in [-0.15, -0.1) is 0 Å². The molecule has 0 saturated carbocycles. The zero-order valence-electron chi connectivity index (χ0n) is 12.7. The molecule has 0 saturated heterocycles. The first kappa shape index (κ1) is 19.1. The molecule has 1 atom stereocenters. The Hall–Kier alpha value is -1.96. The van der Waals surface area contributed by atoms with E-state index in [1.807, 2.05) is 0 Å². The largest absolute Gasteiger partial charge is 0.478 e.